The summed E-state index contributed by atoms with van der Waals surface area (Å²) in [7, 11) is 0. The number of ether oxygens (including phenoxy) is 3. The molecule has 0 saturated carbocycles. The zero-order valence-corrected chi connectivity index (χ0v) is 53.6. The summed E-state index contributed by atoms with van der Waals surface area (Å²) in [6.07, 6.45) is 88.3. The molecule has 1 atom stereocenters. The van der Waals surface area contributed by atoms with Crippen molar-refractivity contribution < 1.29 is 28.6 Å². The smallest absolute Gasteiger partial charge is 0.306 e. The van der Waals surface area contributed by atoms with Gasteiger partial charge < -0.3 is 14.2 Å². The van der Waals surface area contributed by atoms with E-state index in [0.717, 1.165) is 89.9 Å². The molecular formula is C74H134O6. The number of carbonyl (C=O) groups excluding carboxylic acids is 3. The van der Waals surface area contributed by atoms with Crippen LogP contribution in [0.15, 0.2) is 60.8 Å². The van der Waals surface area contributed by atoms with E-state index in [4.69, 9.17) is 14.2 Å². The summed E-state index contributed by atoms with van der Waals surface area (Å²) in [6.45, 7) is 6.58. The Bertz CT molecular complexity index is 1430. The van der Waals surface area contributed by atoms with E-state index in [2.05, 4.69) is 81.5 Å². The lowest BCUT2D eigenvalue weighted by atomic mass is 10.0. The Morgan fingerprint density at radius 2 is 0.487 bits per heavy atom. The van der Waals surface area contributed by atoms with E-state index < -0.39 is 6.10 Å². The van der Waals surface area contributed by atoms with E-state index in [1.807, 2.05) is 0 Å². The van der Waals surface area contributed by atoms with Gasteiger partial charge in [-0.15, -0.1) is 0 Å². The van der Waals surface area contributed by atoms with Crippen LogP contribution >= 0.6 is 0 Å². The topological polar surface area (TPSA) is 78.9 Å². The molecule has 0 aliphatic rings. The number of carbonyl (C=O) groups is 3. The van der Waals surface area contributed by atoms with E-state index >= 15 is 0 Å². The predicted molar refractivity (Wildman–Crippen MR) is 348 cm³/mol. The molecule has 0 saturated heterocycles. The molecule has 0 amide bonds. The van der Waals surface area contributed by atoms with Crippen molar-refractivity contribution in [2.45, 2.75) is 380 Å². The van der Waals surface area contributed by atoms with Crippen LogP contribution in [0.4, 0.5) is 0 Å². The van der Waals surface area contributed by atoms with Crippen LogP contribution in [0.1, 0.15) is 374 Å². The summed E-state index contributed by atoms with van der Waals surface area (Å²) in [6, 6.07) is 0. The molecule has 0 radical (unpaired) electrons. The van der Waals surface area contributed by atoms with E-state index in [1.165, 1.54) is 244 Å². The minimum atomic E-state index is -0.767. The third-order valence-corrected chi connectivity index (χ3v) is 15.8. The van der Waals surface area contributed by atoms with Gasteiger partial charge >= 0.3 is 17.9 Å². The van der Waals surface area contributed by atoms with Gasteiger partial charge in [-0.2, -0.15) is 0 Å². The minimum absolute atomic E-state index is 0.0656. The average Bonchev–Trinajstić information content (AvgIpc) is 3.46. The van der Waals surface area contributed by atoms with Gasteiger partial charge in [0.15, 0.2) is 6.10 Å². The van der Waals surface area contributed by atoms with Gasteiger partial charge in [0, 0.05) is 19.3 Å². The highest BCUT2D eigenvalue weighted by atomic mass is 16.6. The summed E-state index contributed by atoms with van der Waals surface area (Å²) in [4.78, 5) is 38.3. The first-order valence-corrected chi connectivity index (χ1v) is 35.3. The summed E-state index contributed by atoms with van der Waals surface area (Å²) < 4.78 is 16.9. The first-order chi connectivity index (χ1) is 39.5. The third-order valence-electron chi connectivity index (χ3n) is 15.8. The van der Waals surface area contributed by atoms with Crippen molar-refractivity contribution in [2.24, 2.45) is 0 Å². The van der Waals surface area contributed by atoms with Crippen molar-refractivity contribution >= 4 is 17.9 Å². The fourth-order valence-corrected chi connectivity index (χ4v) is 10.5. The highest BCUT2D eigenvalue weighted by molar-refractivity contribution is 5.71. The van der Waals surface area contributed by atoms with Crippen LogP contribution in [0.5, 0.6) is 0 Å². The first kappa shape index (κ1) is 77.1. The number of hydrogen-bond donors (Lipinski definition) is 0. The normalized spacial score (nSPS) is 12.4. The zero-order valence-electron chi connectivity index (χ0n) is 53.6. The molecule has 0 aromatic heterocycles. The fraction of sp³-hybridized carbons (Fsp3) is 0.824. The SMILES string of the molecule is CC/C=C\C/C=C\C/C=C\C/C=C\C/C=C\CCCCCCCCCCCCCCCCCCCCCC(=O)OCC(COC(=O)CCCCCCCCCCCCC)OC(=O)CCCCCCCCCCCCCCCCCC. The van der Waals surface area contributed by atoms with Gasteiger partial charge in [0.05, 0.1) is 0 Å². The maximum absolute atomic E-state index is 12.9. The van der Waals surface area contributed by atoms with Gasteiger partial charge in [-0.1, -0.05) is 351 Å². The Labute approximate surface area is 498 Å². The Morgan fingerprint density at radius 1 is 0.263 bits per heavy atom. The van der Waals surface area contributed by atoms with Gasteiger partial charge in [0.1, 0.15) is 13.2 Å². The second-order valence-corrected chi connectivity index (χ2v) is 23.8. The van der Waals surface area contributed by atoms with Crippen molar-refractivity contribution in [1.82, 2.24) is 0 Å². The largest absolute Gasteiger partial charge is 0.462 e. The Hall–Kier alpha value is -2.89. The van der Waals surface area contributed by atoms with Crippen LogP contribution < -0.4 is 0 Å². The maximum Gasteiger partial charge on any atom is 0.306 e. The van der Waals surface area contributed by atoms with Crippen molar-refractivity contribution in [3.63, 3.8) is 0 Å². The molecule has 0 rings (SSSR count). The second kappa shape index (κ2) is 68.6. The lowest BCUT2D eigenvalue weighted by Gasteiger charge is -2.18. The first-order valence-electron chi connectivity index (χ1n) is 35.3. The van der Waals surface area contributed by atoms with Gasteiger partial charge in [0.25, 0.3) is 0 Å². The molecule has 0 fully saturated rings. The van der Waals surface area contributed by atoms with Crippen LogP contribution in [-0.2, 0) is 28.6 Å². The lowest BCUT2D eigenvalue weighted by molar-refractivity contribution is -0.167. The monoisotopic (exact) mass is 1120 g/mol. The molecule has 1 unspecified atom stereocenters. The predicted octanol–water partition coefficient (Wildman–Crippen LogP) is 24.3. The molecule has 0 spiro atoms. The molecule has 0 N–H and O–H groups in total. The third kappa shape index (κ3) is 65.9. The van der Waals surface area contributed by atoms with Crippen LogP contribution in [0, 0.1) is 0 Å². The lowest BCUT2D eigenvalue weighted by Crippen LogP contribution is -2.30. The average molecular weight is 1120 g/mol. The van der Waals surface area contributed by atoms with Crippen LogP contribution in [0.3, 0.4) is 0 Å². The molecule has 0 aromatic rings. The molecule has 80 heavy (non-hydrogen) atoms. The van der Waals surface area contributed by atoms with Crippen LogP contribution in [0.2, 0.25) is 0 Å². The zero-order chi connectivity index (χ0) is 57.8. The molecule has 0 heterocycles. The van der Waals surface area contributed by atoms with E-state index in [-0.39, 0.29) is 31.1 Å². The van der Waals surface area contributed by atoms with Gasteiger partial charge in [-0.3, -0.25) is 14.4 Å². The molecule has 0 bridgehead atoms. The van der Waals surface area contributed by atoms with Crippen molar-refractivity contribution in [3.05, 3.63) is 60.8 Å². The van der Waals surface area contributed by atoms with Crippen LogP contribution in [0.25, 0.3) is 0 Å². The Balaban J connectivity index is 4.05. The highest BCUT2D eigenvalue weighted by Gasteiger charge is 2.19. The van der Waals surface area contributed by atoms with E-state index in [0.29, 0.717) is 19.3 Å². The second-order valence-electron chi connectivity index (χ2n) is 23.8. The Kier molecular flexibility index (Phi) is 66.1. The summed E-state index contributed by atoms with van der Waals surface area (Å²) in [5, 5.41) is 0. The van der Waals surface area contributed by atoms with Crippen LogP contribution in [-0.4, -0.2) is 37.2 Å². The van der Waals surface area contributed by atoms with E-state index in [9.17, 15) is 14.4 Å². The van der Waals surface area contributed by atoms with Gasteiger partial charge in [0.2, 0.25) is 0 Å². The Morgan fingerprint density at radius 3 is 0.762 bits per heavy atom. The molecule has 6 heteroatoms. The number of allylic oxidation sites excluding steroid dienone is 10. The van der Waals surface area contributed by atoms with Gasteiger partial charge in [-0.25, -0.2) is 0 Å². The molecular weight excluding hydrogens is 985 g/mol. The van der Waals surface area contributed by atoms with E-state index in [1.54, 1.807) is 0 Å². The standard InChI is InChI=1S/C74H134O6/c1-4-7-10-13-16-19-22-24-26-28-29-30-31-32-33-34-35-36-37-38-39-40-41-42-43-44-45-46-48-49-52-55-58-61-64-67-73(76)79-70-71(69-78-72(75)66-63-60-57-54-51-21-18-15-12-9-6-3)80-74(77)68-65-62-59-56-53-50-47-27-25-23-20-17-14-11-8-5-2/h7,10,16,19,24,26,29-30,32-33,71H,4-6,8-9,11-15,17-18,20-23,25,27-28,31,34-70H2,1-3H3/b10-7-,19-16-,26-24-,30-29-,33-32-. The summed E-state index contributed by atoms with van der Waals surface area (Å²) in [5.41, 5.74) is 0. The highest BCUT2D eigenvalue weighted by Crippen LogP contribution is 2.18. The summed E-state index contributed by atoms with van der Waals surface area (Å²) in [5.74, 6) is -0.839. The quantitative estimate of drug-likeness (QED) is 0.0261. The number of esters is 3. The molecule has 0 aromatic carbocycles. The van der Waals surface area contributed by atoms with Gasteiger partial charge in [-0.05, 0) is 64.2 Å². The molecule has 0 aliphatic heterocycles. The molecule has 466 valence electrons. The van der Waals surface area contributed by atoms with Crippen molar-refractivity contribution in [1.29, 1.82) is 0 Å². The number of rotatable bonds is 65. The number of hydrogen-bond acceptors (Lipinski definition) is 6. The van der Waals surface area contributed by atoms with Crippen molar-refractivity contribution in [2.75, 3.05) is 13.2 Å². The minimum Gasteiger partial charge on any atom is -0.462 e. The maximum atomic E-state index is 12.9. The molecule has 6 nitrogen and oxygen atoms in total. The van der Waals surface area contributed by atoms with Crippen molar-refractivity contribution in [3.8, 4) is 0 Å². The number of unbranched alkanes of at least 4 members (excludes halogenated alkanes) is 44. The molecule has 0 aliphatic carbocycles. The summed E-state index contributed by atoms with van der Waals surface area (Å²) >= 11 is 0. The fourth-order valence-electron chi connectivity index (χ4n) is 10.5.